The Labute approximate surface area is 65.3 Å². The topological polar surface area (TPSA) is 30.0 Å². The quantitative estimate of drug-likeness (QED) is 0.401. The van der Waals surface area contributed by atoms with E-state index in [1.165, 1.54) is 0 Å². The minimum Gasteiger partial charge on any atom is -0.289 e. The van der Waals surface area contributed by atoms with Gasteiger partial charge in [0.15, 0.2) is 6.29 Å². The Morgan fingerprint density at radius 2 is 2.36 bits per heavy atom. The Hall–Kier alpha value is -1.62. The Morgan fingerprint density at radius 1 is 1.55 bits per heavy atom. The van der Waals surface area contributed by atoms with E-state index in [9.17, 15) is 4.79 Å². The van der Waals surface area contributed by atoms with Crippen LogP contribution in [0.15, 0.2) is 18.5 Å². The van der Waals surface area contributed by atoms with E-state index < -0.39 is 0 Å². The van der Waals surface area contributed by atoms with Gasteiger partial charge in [-0.25, -0.2) is 0 Å². The molecule has 0 spiro atoms. The summed E-state index contributed by atoms with van der Waals surface area (Å²) >= 11 is 0. The molecule has 0 aliphatic heterocycles. The van der Waals surface area contributed by atoms with Gasteiger partial charge in [-0.15, -0.1) is 0 Å². The highest BCUT2D eigenvalue weighted by Gasteiger charge is 1.86. The molecule has 0 N–H and O–H groups in total. The maximum atomic E-state index is 9.87. The number of rotatable bonds is 0. The Balaban J connectivity index is 2.96. The highest BCUT2D eigenvalue weighted by atomic mass is 16.1. The molecule has 1 rings (SSSR count). The first-order chi connectivity index (χ1) is 5.33. The third-order valence-corrected chi connectivity index (χ3v) is 1.15. The van der Waals surface area contributed by atoms with Gasteiger partial charge < -0.3 is 0 Å². The molecule has 0 aromatic carbocycles. The molecule has 54 valence electrons. The summed E-state index contributed by atoms with van der Waals surface area (Å²) in [5, 5.41) is 0. The van der Waals surface area contributed by atoms with Crippen LogP contribution in [0.25, 0.3) is 0 Å². The maximum Gasteiger partial charge on any atom is 0.193 e. The van der Waals surface area contributed by atoms with Gasteiger partial charge in [0.1, 0.15) is 0 Å². The number of aryl methyl sites for hydroxylation is 1. The Kier molecular flexibility index (Phi) is 2.40. The highest BCUT2D eigenvalue weighted by Crippen LogP contribution is 1.97. The van der Waals surface area contributed by atoms with Crippen LogP contribution in [0.4, 0.5) is 0 Å². The van der Waals surface area contributed by atoms with Crippen LogP contribution in [-0.4, -0.2) is 11.3 Å². The van der Waals surface area contributed by atoms with Crippen molar-refractivity contribution in [3.8, 4) is 11.8 Å². The number of hydrogen-bond acceptors (Lipinski definition) is 2. The van der Waals surface area contributed by atoms with Crippen molar-refractivity contribution < 1.29 is 4.79 Å². The molecule has 0 fully saturated rings. The summed E-state index contributed by atoms with van der Waals surface area (Å²) < 4.78 is 0. The number of carbonyl (C=O) groups excluding carboxylic acids is 1. The maximum absolute atomic E-state index is 9.87. The third kappa shape index (κ3) is 2.23. The fourth-order valence-corrected chi connectivity index (χ4v) is 0.736. The smallest absolute Gasteiger partial charge is 0.193 e. The summed E-state index contributed by atoms with van der Waals surface area (Å²) in [7, 11) is 0. The zero-order valence-electron chi connectivity index (χ0n) is 6.16. The van der Waals surface area contributed by atoms with Gasteiger partial charge in [-0.05, 0) is 24.5 Å². The lowest BCUT2D eigenvalue weighted by Gasteiger charge is -1.89. The molecule has 0 aliphatic rings. The van der Waals surface area contributed by atoms with Crippen molar-refractivity contribution in [3.63, 3.8) is 0 Å². The lowest BCUT2D eigenvalue weighted by molar-refractivity contribution is -0.103. The van der Waals surface area contributed by atoms with E-state index in [-0.39, 0.29) is 0 Å². The first-order valence-electron chi connectivity index (χ1n) is 3.20. The van der Waals surface area contributed by atoms with Gasteiger partial charge in [0.25, 0.3) is 0 Å². The van der Waals surface area contributed by atoms with Crippen LogP contribution in [0, 0.1) is 18.8 Å². The molecule has 1 heterocycles. The van der Waals surface area contributed by atoms with Crippen molar-refractivity contribution in [1.82, 2.24) is 4.98 Å². The summed E-state index contributed by atoms with van der Waals surface area (Å²) in [5.41, 5.74) is 1.82. The van der Waals surface area contributed by atoms with Gasteiger partial charge in [0.05, 0.1) is 0 Å². The number of pyridine rings is 1. The van der Waals surface area contributed by atoms with E-state index >= 15 is 0 Å². The SMILES string of the molecule is Cc1cncc(C#CC=O)c1. The van der Waals surface area contributed by atoms with Crippen molar-refractivity contribution in [2.24, 2.45) is 0 Å². The van der Waals surface area contributed by atoms with Crippen LogP contribution < -0.4 is 0 Å². The van der Waals surface area contributed by atoms with Gasteiger partial charge in [0.2, 0.25) is 0 Å². The zero-order chi connectivity index (χ0) is 8.10. The number of hydrogen-bond donors (Lipinski definition) is 0. The molecule has 2 heteroatoms. The van der Waals surface area contributed by atoms with Crippen LogP contribution >= 0.6 is 0 Å². The van der Waals surface area contributed by atoms with E-state index in [2.05, 4.69) is 16.8 Å². The molecular formula is C9H7NO. The van der Waals surface area contributed by atoms with E-state index in [1.54, 1.807) is 12.4 Å². The summed E-state index contributed by atoms with van der Waals surface area (Å²) in [6.07, 6.45) is 3.94. The molecule has 2 nitrogen and oxygen atoms in total. The molecule has 0 bridgehead atoms. The minimum absolute atomic E-state index is 0.572. The average Bonchev–Trinajstić information content (AvgIpc) is 2.01. The van der Waals surface area contributed by atoms with Gasteiger partial charge in [-0.3, -0.25) is 9.78 Å². The van der Waals surface area contributed by atoms with Gasteiger partial charge >= 0.3 is 0 Å². The first-order valence-corrected chi connectivity index (χ1v) is 3.20. The number of nitrogens with zero attached hydrogens (tertiary/aromatic N) is 1. The number of carbonyl (C=O) groups is 1. The van der Waals surface area contributed by atoms with Crippen LogP contribution in [0.1, 0.15) is 11.1 Å². The van der Waals surface area contributed by atoms with Crippen molar-refractivity contribution in [1.29, 1.82) is 0 Å². The second kappa shape index (κ2) is 3.52. The molecule has 0 saturated carbocycles. The normalized spacial score (nSPS) is 8.09. The van der Waals surface area contributed by atoms with Crippen LogP contribution in [0.5, 0.6) is 0 Å². The molecule has 0 aliphatic carbocycles. The second-order valence-corrected chi connectivity index (χ2v) is 2.14. The van der Waals surface area contributed by atoms with Crippen molar-refractivity contribution in [2.45, 2.75) is 6.92 Å². The molecule has 0 saturated heterocycles. The molecule has 0 atom stereocenters. The van der Waals surface area contributed by atoms with Gasteiger partial charge in [-0.2, -0.15) is 0 Å². The predicted molar refractivity (Wildman–Crippen MR) is 41.9 cm³/mol. The summed E-state index contributed by atoms with van der Waals surface area (Å²) in [6, 6.07) is 1.88. The standard InChI is InChI=1S/C9H7NO/c1-8-5-9(3-2-4-11)7-10-6-8/h4-7H,1H3. The van der Waals surface area contributed by atoms with Crippen LogP contribution in [-0.2, 0) is 4.79 Å². The number of aldehydes is 1. The molecule has 1 aromatic rings. The summed E-state index contributed by atoms with van der Waals surface area (Å²) in [5.74, 6) is 4.98. The molecule has 1 aromatic heterocycles. The lowest BCUT2D eigenvalue weighted by Crippen LogP contribution is -1.80. The van der Waals surface area contributed by atoms with E-state index in [1.807, 2.05) is 13.0 Å². The van der Waals surface area contributed by atoms with Crippen molar-refractivity contribution in [3.05, 3.63) is 29.6 Å². The molecule has 0 amide bonds. The van der Waals surface area contributed by atoms with E-state index in [0.717, 1.165) is 11.1 Å². The fraction of sp³-hybridized carbons (Fsp3) is 0.111. The zero-order valence-corrected chi connectivity index (χ0v) is 6.16. The monoisotopic (exact) mass is 145 g/mol. The van der Waals surface area contributed by atoms with Gasteiger partial charge in [0, 0.05) is 18.0 Å². The molecule has 11 heavy (non-hydrogen) atoms. The second-order valence-electron chi connectivity index (χ2n) is 2.14. The summed E-state index contributed by atoms with van der Waals surface area (Å²) in [4.78, 5) is 13.8. The predicted octanol–water partition coefficient (Wildman–Crippen LogP) is 0.940. The van der Waals surface area contributed by atoms with E-state index in [4.69, 9.17) is 0 Å². The van der Waals surface area contributed by atoms with Crippen LogP contribution in [0.2, 0.25) is 0 Å². The fourth-order valence-electron chi connectivity index (χ4n) is 0.736. The Morgan fingerprint density at radius 3 is 3.00 bits per heavy atom. The van der Waals surface area contributed by atoms with Crippen LogP contribution in [0.3, 0.4) is 0 Å². The van der Waals surface area contributed by atoms with Crippen molar-refractivity contribution in [2.75, 3.05) is 0 Å². The van der Waals surface area contributed by atoms with Crippen molar-refractivity contribution >= 4 is 6.29 Å². The largest absolute Gasteiger partial charge is 0.289 e. The van der Waals surface area contributed by atoms with E-state index in [0.29, 0.717) is 6.29 Å². The number of aromatic nitrogens is 1. The lowest BCUT2D eigenvalue weighted by atomic mass is 10.2. The first kappa shape index (κ1) is 7.49. The average molecular weight is 145 g/mol. The molecular weight excluding hydrogens is 138 g/mol. The highest BCUT2D eigenvalue weighted by molar-refractivity contribution is 5.73. The summed E-state index contributed by atoms with van der Waals surface area (Å²) in [6.45, 7) is 1.93. The Bertz CT molecular complexity index is 320. The third-order valence-electron chi connectivity index (χ3n) is 1.15. The minimum atomic E-state index is 0.572. The molecule has 0 radical (unpaired) electrons. The van der Waals surface area contributed by atoms with Gasteiger partial charge in [-0.1, -0.05) is 5.92 Å². The molecule has 0 unspecified atom stereocenters.